The maximum atomic E-state index is 10.7. The topological polar surface area (TPSA) is 61.6 Å². The number of nitrogens with two attached hydrogens (primary N) is 1. The lowest BCUT2D eigenvalue weighted by atomic mass is 10.1. The summed E-state index contributed by atoms with van der Waals surface area (Å²) in [6.45, 7) is 0. The summed E-state index contributed by atoms with van der Waals surface area (Å²) in [6, 6.07) is 0. The fourth-order valence-corrected chi connectivity index (χ4v) is 1.23. The van der Waals surface area contributed by atoms with Gasteiger partial charge in [-0.25, -0.2) is 0 Å². The lowest BCUT2D eigenvalue weighted by Gasteiger charge is -2.28. The minimum atomic E-state index is -0.610. The number of fused-ring (bicyclic) bond motifs is 1. The molecule has 0 aromatic carbocycles. The van der Waals surface area contributed by atoms with Crippen LogP contribution in [0.5, 0.6) is 0 Å². The quantitative estimate of drug-likeness (QED) is 0.626. The summed E-state index contributed by atoms with van der Waals surface area (Å²) in [6.07, 6.45) is 8.26. The standard InChI is InChI=1S/C9H9NO3/c10-9(11)8-5-12-6-3-1-2-4-7(6)13-8/h1-7H,(H2,10,11). The van der Waals surface area contributed by atoms with Crippen LogP contribution in [-0.4, -0.2) is 18.1 Å². The van der Waals surface area contributed by atoms with Gasteiger partial charge in [0.05, 0.1) is 0 Å². The third kappa shape index (κ3) is 1.42. The van der Waals surface area contributed by atoms with Gasteiger partial charge in [-0.1, -0.05) is 12.2 Å². The van der Waals surface area contributed by atoms with Crippen molar-refractivity contribution >= 4 is 5.91 Å². The molecule has 0 saturated heterocycles. The van der Waals surface area contributed by atoms with E-state index < -0.39 is 5.91 Å². The van der Waals surface area contributed by atoms with E-state index in [1.54, 1.807) is 0 Å². The van der Waals surface area contributed by atoms with Gasteiger partial charge in [-0.2, -0.15) is 0 Å². The van der Waals surface area contributed by atoms with E-state index in [-0.39, 0.29) is 18.0 Å². The van der Waals surface area contributed by atoms with Gasteiger partial charge < -0.3 is 15.2 Å². The number of allylic oxidation sites excluding steroid dienone is 2. The molecular formula is C9H9NO3. The lowest BCUT2D eigenvalue weighted by molar-refractivity contribution is -0.121. The summed E-state index contributed by atoms with van der Waals surface area (Å²) in [5, 5.41) is 0. The van der Waals surface area contributed by atoms with Gasteiger partial charge in [0.2, 0.25) is 5.76 Å². The van der Waals surface area contributed by atoms with Crippen molar-refractivity contribution in [1.29, 1.82) is 0 Å². The molecule has 0 radical (unpaired) electrons. The predicted octanol–water partition coefficient (Wildman–Crippen LogP) is 0.223. The average molecular weight is 179 g/mol. The van der Waals surface area contributed by atoms with Crippen LogP contribution in [0.25, 0.3) is 0 Å². The Morgan fingerprint density at radius 1 is 1.31 bits per heavy atom. The van der Waals surface area contributed by atoms with Gasteiger partial charge in [0.1, 0.15) is 6.26 Å². The van der Waals surface area contributed by atoms with Crippen LogP contribution in [-0.2, 0) is 14.3 Å². The summed E-state index contributed by atoms with van der Waals surface area (Å²) in [4.78, 5) is 10.7. The lowest BCUT2D eigenvalue weighted by Crippen LogP contribution is -2.34. The first-order valence-electron chi connectivity index (χ1n) is 3.94. The molecule has 1 aliphatic carbocycles. The Kier molecular flexibility index (Phi) is 1.81. The molecule has 2 aliphatic rings. The van der Waals surface area contributed by atoms with Crippen LogP contribution in [0.1, 0.15) is 0 Å². The van der Waals surface area contributed by atoms with Crippen LogP contribution < -0.4 is 5.73 Å². The van der Waals surface area contributed by atoms with Gasteiger partial charge in [-0.05, 0) is 12.2 Å². The Labute approximate surface area is 75.3 Å². The molecule has 0 bridgehead atoms. The minimum absolute atomic E-state index is 0.0706. The summed E-state index contributed by atoms with van der Waals surface area (Å²) in [5.41, 5.74) is 5.03. The molecule has 0 saturated carbocycles. The second-order valence-electron chi connectivity index (χ2n) is 2.80. The Morgan fingerprint density at radius 2 is 2.00 bits per heavy atom. The largest absolute Gasteiger partial charge is 0.486 e. The fraction of sp³-hybridized carbons (Fsp3) is 0.222. The first kappa shape index (κ1) is 7.91. The van der Waals surface area contributed by atoms with E-state index in [0.29, 0.717) is 0 Å². The van der Waals surface area contributed by atoms with Crippen LogP contribution in [0.2, 0.25) is 0 Å². The Balaban J connectivity index is 2.17. The molecule has 1 aliphatic heterocycles. The van der Waals surface area contributed by atoms with Crippen molar-refractivity contribution < 1.29 is 14.3 Å². The fourth-order valence-electron chi connectivity index (χ4n) is 1.23. The summed E-state index contributed by atoms with van der Waals surface area (Å²) in [7, 11) is 0. The SMILES string of the molecule is NC(=O)C1=COC2C=CC=CC2O1. The number of hydrogen-bond acceptors (Lipinski definition) is 3. The molecule has 1 heterocycles. The van der Waals surface area contributed by atoms with Crippen molar-refractivity contribution in [2.45, 2.75) is 12.2 Å². The summed E-state index contributed by atoms with van der Waals surface area (Å²) >= 11 is 0. The van der Waals surface area contributed by atoms with Crippen molar-refractivity contribution in [3.8, 4) is 0 Å². The van der Waals surface area contributed by atoms with Gasteiger partial charge in [-0.3, -0.25) is 4.79 Å². The smallest absolute Gasteiger partial charge is 0.287 e. The molecule has 2 N–H and O–H groups in total. The molecule has 2 atom stereocenters. The van der Waals surface area contributed by atoms with Crippen molar-refractivity contribution in [2.75, 3.05) is 0 Å². The molecule has 0 aromatic heterocycles. The number of carbonyl (C=O) groups excluding carboxylic acids is 1. The molecule has 4 heteroatoms. The van der Waals surface area contributed by atoms with Crippen LogP contribution >= 0.6 is 0 Å². The first-order valence-corrected chi connectivity index (χ1v) is 3.94. The highest BCUT2D eigenvalue weighted by Gasteiger charge is 2.27. The highest BCUT2D eigenvalue weighted by atomic mass is 16.6. The third-order valence-electron chi connectivity index (χ3n) is 1.87. The van der Waals surface area contributed by atoms with Crippen LogP contribution in [0.3, 0.4) is 0 Å². The molecule has 68 valence electrons. The number of hydrogen-bond donors (Lipinski definition) is 1. The van der Waals surface area contributed by atoms with Crippen molar-refractivity contribution in [1.82, 2.24) is 0 Å². The van der Waals surface area contributed by atoms with Gasteiger partial charge in [0.15, 0.2) is 12.2 Å². The molecule has 2 unspecified atom stereocenters. The second-order valence-corrected chi connectivity index (χ2v) is 2.80. The van der Waals surface area contributed by atoms with Crippen molar-refractivity contribution in [3.63, 3.8) is 0 Å². The zero-order chi connectivity index (χ0) is 9.26. The van der Waals surface area contributed by atoms with Crippen LogP contribution in [0, 0.1) is 0 Å². The molecule has 0 fully saturated rings. The Morgan fingerprint density at radius 3 is 2.69 bits per heavy atom. The zero-order valence-electron chi connectivity index (χ0n) is 6.84. The molecular weight excluding hydrogens is 170 g/mol. The van der Waals surface area contributed by atoms with E-state index in [1.165, 1.54) is 6.26 Å². The number of carbonyl (C=O) groups is 1. The highest BCUT2D eigenvalue weighted by molar-refractivity contribution is 5.89. The maximum Gasteiger partial charge on any atom is 0.287 e. The van der Waals surface area contributed by atoms with E-state index in [9.17, 15) is 4.79 Å². The molecule has 1 amide bonds. The highest BCUT2D eigenvalue weighted by Crippen LogP contribution is 2.21. The number of primary amides is 1. The zero-order valence-corrected chi connectivity index (χ0v) is 6.84. The number of amides is 1. The number of ether oxygens (including phenoxy) is 2. The van der Waals surface area contributed by atoms with Crippen molar-refractivity contribution in [2.24, 2.45) is 5.73 Å². The molecule has 0 aromatic rings. The third-order valence-corrected chi connectivity index (χ3v) is 1.87. The van der Waals surface area contributed by atoms with E-state index in [2.05, 4.69) is 0 Å². The maximum absolute atomic E-state index is 10.7. The van der Waals surface area contributed by atoms with E-state index in [0.717, 1.165) is 0 Å². The monoisotopic (exact) mass is 179 g/mol. The summed E-state index contributed by atoms with van der Waals surface area (Å²) < 4.78 is 10.5. The summed E-state index contributed by atoms with van der Waals surface area (Å²) in [5.74, 6) is -0.539. The van der Waals surface area contributed by atoms with Gasteiger partial charge in [0.25, 0.3) is 5.91 Å². The van der Waals surface area contributed by atoms with E-state index >= 15 is 0 Å². The van der Waals surface area contributed by atoms with E-state index in [4.69, 9.17) is 15.2 Å². The predicted molar refractivity (Wildman–Crippen MR) is 45.3 cm³/mol. The Hall–Kier alpha value is -1.71. The van der Waals surface area contributed by atoms with E-state index in [1.807, 2.05) is 24.3 Å². The van der Waals surface area contributed by atoms with Crippen LogP contribution in [0.15, 0.2) is 36.3 Å². The van der Waals surface area contributed by atoms with Gasteiger partial charge in [-0.15, -0.1) is 0 Å². The van der Waals surface area contributed by atoms with Gasteiger partial charge in [0, 0.05) is 0 Å². The molecule has 13 heavy (non-hydrogen) atoms. The molecule has 2 rings (SSSR count). The molecule has 0 spiro atoms. The Bertz CT molecular complexity index is 317. The van der Waals surface area contributed by atoms with Crippen molar-refractivity contribution in [3.05, 3.63) is 36.3 Å². The second kappa shape index (κ2) is 2.97. The van der Waals surface area contributed by atoms with Crippen LogP contribution in [0.4, 0.5) is 0 Å². The normalized spacial score (nSPS) is 29.7. The minimum Gasteiger partial charge on any atom is -0.486 e. The molecule has 4 nitrogen and oxygen atoms in total. The van der Waals surface area contributed by atoms with Gasteiger partial charge >= 0.3 is 0 Å². The number of rotatable bonds is 1. The first-order chi connectivity index (χ1) is 6.27. The average Bonchev–Trinajstić information content (AvgIpc) is 2.17.